The largest absolute Gasteiger partial charge is 0.452 e. The first-order valence-corrected chi connectivity index (χ1v) is 8.45. The first-order valence-electron chi connectivity index (χ1n) is 8.45. The molecule has 0 atom stereocenters. The van der Waals surface area contributed by atoms with Gasteiger partial charge in [-0.05, 0) is 42.8 Å². The van der Waals surface area contributed by atoms with Gasteiger partial charge in [-0.1, -0.05) is 36.4 Å². The number of para-hydroxylation sites is 3. The molecule has 2 aliphatic heterocycles. The van der Waals surface area contributed by atoms with Gasteiger partial charge in [-0.15, -0.1) is 6.08 Å². The Balaban J connectivity index is 1.57. The lowest BCUT2D eigenvalue weighted by molar-refractivity contribution is -0.423. The maximum Gasteiger partial charge on any atom is 0.287 e. The van der Waals surface area contributed by atoms with E-state index in [-0.39, 0.29) is 0 Å². The van der Waals surface area contributed by atoms with Gasteiger partial charge in [0.05, 0.1) is 6.72 Å². The van der Waals surface area contributed by atoms with Crippen molar-refractivity contribution in [1.29, 1.82) is 0 Å². The number of anilines is 1. The summed E-state index contributed by atoms with van der Waals surface area (Å²) in [5, 5.41) is 0. The highest BCUT2D eigenvalue weighted by atomic mass is 16.5. The quantitative estimate of drug-likeness (QED) is 0.588. The first kappa shape index (κ1) is 15.3. The van der Waals surface area contributed by atoms with E-state index in [0.717, 1.165) is 24.2 Å². The van der Waals surface area contributed by atoms with E-state index in [1.54, 1.807) is 0 Å². The molecular weight excluding hydrogens is 308 g/mol. The fraction of sp³-hybridized carbons (Fsp3) is 0.0909. The van der Waals surface area contributed by atoms with Gasteiger partial charge in [-0.2, -0.15) is 0 Å². The molecule has 0 saturated heterocycles. The standard InChI is InChI=1S/C22H20N2O/c1-3-24-16-15-17(18-10-4-5-11-19(18)24)9-8-14-22-23(2)20-12-6-7-13-21(20)25-22/h4-16H,2-3H2,1H3/b14-8+,17-9-. The number of nitrogens with zero attached hydrogens (tertiary/aromatic N) is 2. The Morgan fingerprint density at radius 2 is 1.96 bits per heavy atom. The van der Waals surface area contributed by atoms with Gasteiger partial charge in [0.1, 0.15) is 5.75 Å². The van der Waals surface area contributed by atoms with E-state index in [1.165, 1.54) is 16.8 Å². The fourth-order valence-electron chi connectivity index (χ4n) is 3.14. The van der Waals surface area contributed by atoms with Gasteiger partial charge in [0, 0.05) is 24.0 Å². The normalized spacial score (nSPS) is 17.2. The average molecular weight is 328 g/mol. The van der Waals surface area contributed by atoms with Crippen LogP contribution >= 0.6 is 0 Å². The molecule has 0 fully saturated rings. The van der Waals surface area contributed by atoms with Crippen molar-refractivity contribution in [2.24, 2.45) is 0 Å². The Kier molecular flexibility index (Phi) is 3.90. The highest BCUT2D eigenvalue weighted by Gasteiger charge is 2.26. The molecule has 0 spiro atoms. The molecule has 2 aromatic rings. The van der Waals surface area contributed by atoms with Crippen LogP contribution in [0.2, 0.25) is 0 Å². The molecule has 2 aliphatic rings. The van der Waals surface area contributed by atoms with Crippen LogP contribution in [0.4, 0.5) is 11.4 Å². The molecule has 0 bridgehead atoms. The minimum atomic E-state index is 0.723. The van der Waals surface area contributed by atoms with E-state index in [9.17, 15) is 0 Å². The predicted molar refractivity (Wildman–Crippen MR) is 103 cm³/mol. The second kappa shape index (κ2) is 6.36. The number of benzene rings is 2. The van der Waals surface area contributed by atoms with Gasteiger partial charge in [0.15, 0.2) is 5.69 Å². The van der Waals surface area contributed by atoms with Crippen LogP contribution in [0, 0.1) is 6.23 Å². The third-order valence-electron chi connectivity index (χ3n) is 4.45. The van der Waals surface area contributed by atoms with Crippen molar-refractivity contribution in [2.75, 3.05) is 11.4 Å². The summed E-state index contributed by atoms with van der Waals surface area (Å²) in [5.74, 6) is 0.839. The van der Waals surface area contributed by atoms with Crippen LogP contribution in [0.1, 0.15) is 12.5 Å². The van der Waals surface area contributed by atoms with Crippen molar-refractivity contribution < 1.29 is 9.31 Å². The predicted octanol–water partition coefficient (Wildman–Crippen LogP) is 4.91. The Labute approximate surface area is 148 Å². The number of rotatable bonds is 3. The van der Waals surface area contributed by atoms with E-state index in [0.29, 0.717) is 0 Å². The summed E-state index contributed by atoms with van der Waals surface area (Å²) >= 11 is 0. The smallest absolute Gasteiger partial charge is 0.287 e. The zero-order valence-electron chi connectivity index (χ0n) is 14.2. The number of hydrogen-bond donors (Lipinski definition) is 0. The second-order valence-corrected chi connectivity index (χ2v) is 5.94. The average Bonchev–Trinajstić information content (AvgIpc) is 2.98. The minimum Gasteiger partial charge on any atom is -0.452 e. The molecule has 3 nitrogen and oxygen atoms in total. The van der Waals surface area contributed by atoms with Crippen molar-refractivity contribution in [3.8, 4) is 5.75 Å². The summed E-state index contributed by atoms with van der Waals surface area (Å²) in [7, 11) is 0. The first-order chi connectivity index (χ1) is 12.3. The van der Waals surface area contributed by atoms with Crippen LogP contribution < -0.4 is 9.64 Å². The molecule has 0 amide bonds. The third-order valence-corrected chi connectivity index (χ3v) is 4.45. The molecule has 2 heterocycles. The highest BCUT2D eigenvalue weighted by Crippen LogP contribution is 2.38. The van der Waals surface area contributed by atoms with Crippen molar-refractivity contribution in [3.05, 3.63) is 90.8 Å². The van der Waals surface area contributed by atoms with Crippen LogP contribution in [-0.2, 0) is 0 Å². The fourth-order valence-corrected chi connectivity index (χ4v) is 3.14. The summed E-state index contributed by atoms with van der Waals surface area (Å²) in [5.41, 5.74) is 4.64. The molecule has 0 unspecified atom stereocenters. The van der Waals surface area contributed by atoms with Crippen molar-refractivity contribution in [2.45, 2.75) is 6.92 Å². The summed E-state index contributed by atoms with van der Waals surface area (Å²) in [4.78, 5) is 2.25. The SMILES string of the molecule is C=[N+]1c2ccccc2O[C-]1/C=C/C=C1/C=CN(CC)c2ccccc21. The van der Waals surface area contributed by atoms with E-state index in [4.69, 9.17) is 4.74 Å². The lowest BCUT2D eigenvalue weighted by Crippen LogP contribution is -2.18. The summed E-state index contributed by atoms with van der Waals surface area (Å²) < 4.78 is 7.66. The van der Waals surface area contributed by atoms with Crippen LogP contribution in [0.5, 0.6) is 5.75 Å². The molecule has 0 radical (unpaired) electrons. The molecule has 0 aliphatic carbocycles. The summed E-state index contributed by atoms with van der Waals surface area (Å²) in [6, 6.07) is 16.4. The Hall–Kier alpha value is -3.20. The monoisotopic (exact) mass is 328 g/mol. The van der Waals surface area contributed by atoms with E-state index in [2.05, 4.69) is 61.2 Å². The maximum absolute atomic E-state index is 5.85. The van der Waals surface area contributed by atoms with Crippen molar-refractivity contribution in [3.63, 3.8) is 0 Å². The van der Waals surface area contributed by atoms with Crippen LogP contribution in [0.3, 0.4) is 0 Å². The van der Waals surface area contributed by atoms with Crippen molar-refractivity contribution in [1.82, 2.24) is 0 Å². The molecule has 0 aromatic heterocycles. The van der Waals surface area contributed by atoms with Crippen LogP contribution in [-0.4, -0.2) is 17.8 Å². The summed E-state index contributed by atoms with van der Waals surface area (Å²) in [6.07, 6.45) is 11.1. The minimum absolute atomic E-state index is 0.723. The van der Waals surface area contributed by atoms with Crippen LogP contribution in [0.25, 0.3) is 5.57 Å². The van der Waals surface area contributed by atoms with E-state index in [1.807, 2.05) is 41.0 Å². The lowest BCUT2D eigenvalue weighted by Gasteiger charge is -2.26. The molecular formula is C22H20N2O. The molecule has 25 heavy (non-hydrogen) atoms. The van der Waals surface area contributed by atoms with E-state index >= 15 is 0 Å². The maximum atomic E-state index is 5.85. The highest BCUT2D eigenvalue weighted by molar-refractivity contribution is 5.86. The zero-order valence-corrected chi connectivity index (χ0v) is 14.2. The van der Waals surface area contributed by atoms with Gasteiger partial charge in [-0.25, -0.2) is 0 Å². The Morgan fingerprint density at radius 3 is 2.80 bits per heavy atom. The zero-order chi connectivity index (χ0) is 17.2. The molecule has 3 heteroatoms. The Morgan fingerprint density at radius 1 is 1.16 bits per heavy atom. The van der Waals surface area contributed by atoms with Crippen molar-refractivity contribution >= 4 is 23.7 Å². The van der Waals surface area contributed by atoms with Crippen LogP contribution in [0.15, 0.2) is 79.0 Å². The molecule has 2 aromatic carbocycles. The molecule has 0 N–H and O–H groups in total. The second-order valence-electron chi connectivity index (χ2n) is 5.94. The number of hydrogen-bond acceptors (Lipinski definition) is 2. The number of allylic oxidation sites excluding steroid dienone is 4. The molecule has 4 rings (SSSR count). The topological polar surface area (TPSA) is 15.5 Å². The molecule has 124 valence electrons. The van der Waals surface area contributed by atoms with Gasteiger partial charge < -0.3 is 9.64 Å². The number of ether oxygens (including phenoxy) is 1. The summed E-state index contributed by atoms with van der Waals surface area (Å²) in [6.45, 7) is 7.17. The van der Waals surface area contributed by atoms with Gasteiger partial charge >= 0.3 is 0 Å². The molecule has 0 saturated carbocycles. The Bertz CT molecular complexity index is 908. The third kappa shape index (κ3) is 2.74. The van der Waals surface area contributed by atoms with Gasteiger partial charge in [0.25, 0.3) is 6.23 Å². The van der Waals surface area contributed by atoms with Gasteiger partial charge in [0.2, 0.25) is 0 Å². The number of fused-ring (bicyclic) bond motifs is 2. The lowest BCUT2D eigenvalue weighted by atomic mass is 9.99. The van der Waals surface area contributed by atoms with E-state index < -0.39 is 0 Å². The van der Waals surface area contributed by atoms with Gasteiger partial charge in [-0.3, -0.25) is 4.58 Å².